The highest BCUT2D eigenvalue weighted by molar-refractivity contribution is 7.13. The second-order valence-corrected chi connectivity index (χ2v) is 12.0. The van der Waals surface area contributed by atoms with E-state index in [-0.39, 0.29) is 11.8 Å². The van der Waals surface area contributed by atoms with Gasteiger partial charge in [-0.2, -0.15) is 0 Å². The van der Waals surface area contributed by atoms with Crippen LogP contribution in [0.4, 0.5) is 5.13 Å². The summed E-state index contributed by atoms with van der Waals surface area (Å²) in [6.45, 7) is 0.980. The van der Waals surface area contributed by atoms with Crippen LogP contribution in [0.1, 0.15) is 72.7 Å². The van der Waals surface area contributed by atoms with Crippen molar-refractivity contribution >= 4 is 45.3 Å². The number of nitrogens with zero attached hydrogens (tertiary/aromatic N) is 3. The normalized spacial score (nSPS) is 14.2. The Morgan fingerprint density at radius 2 is 1.89 bits per heavy atom. The monoisotopic (exact) mass is 627 g/mol. The second kappa shape index (κ2) is 13.3. The van der Waals surface area contributed by atoms with Crippen LogP contribution < -0.4 is 15.4 Å². The van der Waals surface area contributed by atoms with Gasteiger partial charge in [-0.25, -0.2) is 14.8 Å². The molecule has 0 aliphatic heterocycles. The Hall–Kier alpha value is -4.97. The maximum absolute atomic E-state index is 13.7. The van der Waals surface area contributed by atoms with Crippen molar-refractivity contribution in [3.8, 4) is 17.1 Å². The number of carboxylic acids is 1. The number of ether oxygens (including phenoxy) is 1. The van der Waals surface area contributed by atoms with Gasteiger partial charge in [-0.05, 0) is 61.2 Å². The lowest BCUT2D eigenvalue weighted by atomic mass is 9.95. The Kier molecular flexibility index (Phi) is 8.92. The molecule has 0 saturated heterocycles. The Balaban J connectivity index is 1.28. The van der Waals surface area contributed by atoms with Crippen LogP contribution in [0, 0.1) is 0 Å². The fourth-order valence-electron chi connectivity index (χ4n) is 5.77. The van der Waals surface area contributed by atoms with Crippen LogP contribution in [-0.2, 0) is 16.0 Å². The van der Waals surface area contributed by atoms with Crippen LogP contribution in [0.15, 0.2) is 70.9 Å². The summed E-state index contributed by atoms with van der Waals surface area (Å²) in [6.07, 6.45) is 9.51. The van der Waals surface area contributed by atoms with Crippen molar-refractivity contribution < 1.29 is 28.6 Å². The Labute approximate surface area is 263 Å². The van der Waals surface area contributed by atoms with E-state index in [1.54, 1.807) is 24.7 Å². The molecule has 6 rings (SSSR count). The van der Waals surface area contributed by atoms with E-state index in [0.717, 1.165) is 40.8 Å². The summed E-state index contributed by atoms with van der Waals surface area (Å²) in [4.78, 5) is 45.7. The standard InChI is InChI=1S/C33H33N5O6S/c1-20(39)34-33-37-28(19-45-33)26(15-21-7-10-25(11-8-21)44-18-30(40)41)36-32(42)22-9-12-29-27(16-22)35-31(23-13-14-43-17-23)38(29)24-5-3-2-4-6-24/h7-14,16-17,19,24,26H,2-6,15,18H2,1H3,(H,36,42)(H,40,41)(H,34,37,39). The quantitative estimate of drug-likeness (QED) is 0.152. The van der Waals surface area contributed by atoms with Crippen LogP contribution >= 0.6 is 11.3 Å². The van der Waals surface area contributed by atoms with Gasteiger partial charge in [-0.1, -0.05) is 31.4 Å². The maximum Gasteiger partial charge on any atom is 0.341 e. The highest BCUT2D eigenvalue weighted by Crippen LogP contribution is 2.36. The van der Waals surface area contributed by atoms with Gasteiger partial charge in [0.2, 0.25) is 5.91 Å². The van der Waals surface area contributed by atoms with Crippen molar-refractivity contribution in [2.45, 2.75) is 57.5 Å². The molecule has 2 aromatic carbocycles. The highest BCUT2D eigenvalue weighted by Gasteiger charge is 2.25. The molecule has 232 valence electrons. The molecule has 1 fully saturated rings. The fraction of sp³-hybridized carbons (Fsp3) is 0.303. The molecule has 45 heavy (non-hydrogen) atoms. The molecule has 1 aliphatic carbocycles. The molecule has 0 spiro atoms. The number of imidazole rings is 1. The predicted octanol–water partition coefficient (Wildman–Crippen LogP) is 6.39. The maximum atomic E-state index is 13.7. The molecule has 1 aliphatic rings. The molecule has 1 atom stereocenters. The van der Waals surface area contributed by atoms with Crippen molar-refractivity contribution in [2.75, 3.05) is 11.9 Å². The number of fused-ring (bicyclic) bond motifs is 1. The molecule has 1 unspecified atom stereocenters. The average molecular weight is 628 g/mol. The zero-order valence-electron chi connectivity index (χ0n) is 24.7. The summed E-state index contributed by atoms with van der Waals surface area (Å²) < 4.78 is 12.9. The first kappa shape index (κ1) is 30.1. The largest absolute Gasteiger partial charge is 0.482 e. The van der Waals surface area contributed by atoms with Gasteiger partial charge >= 0.3 is 5.97 Å². The first-order chi connectivity index (χ1) is 21.8. The number of aliphatic carboxylic acids is 1. The number of carbonyl (C=O) groups is 3. The molecule has 3 aromatic heterocycles. The number of nitrogens with one attached hydrogen (secondary N) is 2. The summed E-state index contributed by atoms with van der Waals surface area (Å²) in [5.74, 6) is -0.306. The van der Waals surface area contributed by atoms with Crippen molar-refractivity contribution in [1.29, 1.82) is 0 Å². The van der Waals surface area contributed by atoms with E-state index < -0.39 is 18.6 Å². The van der Waals surface area contributed by atoms with Crippen molar-refractivity contribution in [1.82, 2.24) is 19.9 Å². The fourth-order valence-corrected chi connectivity index (χ4v) is 6.58. The Morgan fingerprint density at radius 1 is 1.09 bits per heavy atom. The summed E-state index contributed by atoms with van der Waals surface area (Å²) >= 11 is 1.28. The number of carbonyl (C=O) groups excluding carboxylic acids is 2. The molecule has 3 N–H and O–H groups in total. The van der Waals surface area contributed by atoms with Gasteiger partial charge in [0.05, 0.1) is 34.6 Å². The van der Waals surface area contributed by atoms with Gasteiger partial charge in [0.15, 0.2) is 11.7 Å². The number of aromatic nitrogens is 3. The number of carboxylic acid groups (broad SMARTS) is 1. The van der Waals surface area contributed by atoms with E-state index in [9.17, 15) is 14.4 Å². The molecule has 0 radical (unpaired) electrons. The zero-order chi connectivity index (χ0) is 31.3. The minimum atomic E-state index is -1.06. The SMILES string of the molecule is CC(=O)Nc1nc(C(Cc2ccc(OCC(=O)O)cc2)NC(=O)c2ccc3c(c2)nc(-c2ccoc2)n3C2CCCCC2)cs1. The van der Waals surface area contributed by atoms with Gasteiger partial charge < -0.3 is 29.5 Å². The average Bonchev–Trinajstić information content (AvgIpc) is 3.80. The van der Waals surface area contributed by atoms with Gasteiger partial charge in [0, 0.05) is 23.9 Å². The van der Waals surface area contributed by atoms with Gasteiger partial charge in [0.25, 0.3) is 5.91 Å². The Morgan fingerprint density at radius 3 is 2.60 bits per heavy atom. The third kappa shape index (κ3) is 7.07. The summed E-state index contributed by atoms with van der Waals surface area (Å²) in [6, 6.07) is 14.4. The topological polar surface area (TPSA) is 149 Å². The van der Waals surface area contributed by atoms with E-state index in [4.69, 9.17) is 19.2 Å². The number of hydrogen-bond acceptors (Lipinski definition) is 8. The minimum absolute atomic E-state index is 0.232. The van der Waals surface area contributed by atoms with Crippen molar-refractivity contribution in [2.24, 2.45) is 0 Å². The summed E-state index contributed by atoms with van der Waals surface area (Å²) in [5, 5.41) is 17.0. The smallest absolute Gasteiger partial charge is 0.341 e. The molecule has 2 amide bonds. The third-order valence-electron chi connectivity index (χ3n) is 7.86. The molecule has 12 heteroatoms. The molecule has 5 aromatic rings. The minimum Gasteiger partial charge on any atom is -0.482 e. The van der Waals surface area contributed by atoms with Crippen molar-refractivity contribution in [3.63, 3.8) is 0 Å². The van der Waals surface area contributed by atoms with E-state index in [1.165, 1.54) is 37.5 Å². The predicted molar refractivity (Wildman–Crippen MR) is 169 cm³/mol. The number of thiazole rings is 1. The summed E-state index contributed by atoms with van der Waals surface area (Å²) in [7, 11) is 0. The van der Waals surface area contributed by atoms with Crippen LogP contribution in [0.2, 0.25) is 0 Å². The molecular formula is C33H33N5O6S. The second-order valence-electron chi connectivity index (χ2n) is 11.1. The lowest BCUT2D eigenvalue weighted by molar-refractivity contribution is -0.139. The van der Waals surface area contributed by atoms with Crippen molar-refractivity contribution in [3.05, 3.63) is 83.3 Å². The third-order valence-corrected chi connectivity index (χ3v) is 8.64. The molecule has 1 saturated carbocycles. The molecule has 11 nitrogen and oxygen atoms in total. The number of hydrogen-bond donors (Lipinski definition) is 3. The number of benzene rings is 2. The molecular weight excluding hydrogens is 594 g/mol. The molecule has 0 bridgehead atoms. The van der Waals surface area contributed by atoms with Gasteiger partial charge in [-0.3, -0.25) is 9.59 Å². The lowest BCUT2D eigenvalue weighted by Gasteiger charge is -2.25. The van der Waals surface area contributed by atoms with E-state index in [1.807, 2.05) is 41.8 Å². The first-order valence-corrected chi connectivity index (χ1v) is 15.7. The van der Waals surface area contributed by atoms with E-state index in [0.29, 0.717) is 34.6 Å². The number of amides is 2. The number of rotatable bonds is 11. The van der Waals surface area contributed by atoms with Gasteiger partial charge in [0.1, 0.15) is 17.8 Å². The Bertz CT molecular complexity index is 1800. The van der Waals surface area contributed by atoms with Crippen LogP contribution in [0.25, 0.3) is 22.4 Å². The van der Waals surface area contributed by atoms with Crippen LogP contribution in [0.5, 0.6) is 5.75 Å². The first-order valence-electron chi connectivity index (χ1n) is 14.9. The van der Waals surface area contributed by atoms with Gasteiger partial charge in [-0.15, -0.1) is 11.3 Å². The highest BCUT2D eigenvalue weighted by atomic mass is 32.1. The van der Waals surface area contributed by atoms with Crippen LogP contribution in [-0.4, -0.2) is 44.0 Å². The number of furan rings is 1. The van der Waals surface area contributed by atoms with Crippen LogP contribution in [0.3, 0.4) is 0 Å². The van der Waals surface area contributed by atoms with E-state index >= 15 is 0 Å². The lowest BCUT2D eigenvalue weighted by Crippen LogP contribution is -2.30. The number of anilines is 1. The van der Waals surface area contributed by atoms with E-state index in [2.05, 4.69) is 20.2 Å². The molecule has 3 heterocycles. The summed E-state index contributed by atoms with van der Waals surface area (Å²) in [5.41, 5.74) is 4.57. The zero-order valence-corrected chi connectivity index (χ0v) is 25.5.